The zero-order chi connectivity index (χ0) is 14.7. The zero-order valence-corrected chi connectivity index (χ0v) is 14.1. The molecule has 0 aliphatic carbocycles. The molecule has 2 rings (SSSR count). The summed E-state index contributed by atoms with van der Waals surface area (Å²) < 4.78 is 3.14. The molecule has 0 bridgehead atoms. The maximum absolute atomic E-state index is 4.50. The van der Waals surface area contributed by atoms with E-state index in [4.69, 9.17) is 0 Å². The Balaban J connectivity index is 2.51. The Morgan fingerprint density at radius 1 is 1.35 bits per heavy atom. The first-order valence-electron chi connectivity index (χ1n) is 7.07. The molecule has 1 atom stereocenters. The molecule has 0 aliphatic rings. The fourth-order valence-electron chi connectivity index (χ4n) is 2.46. The predicted molar refractivity (Wildman–Crippen MR) is 87.0 cm³/mol. The van der Waals surface area contributed by atoms with Crippen molar-refractivity contribution in [1.82, 2.24) is 15.1 Å². The SMILES string of the molecule is CCNC(c1cccc(C)c1)c1c(Br)cnn1C(C)C. The maximum Gasteiger partial charge on any atom is 0.0760 e. The Bertz CT molecular complexity index is 575. The number of aryl methyl sites for hydroxylation is 1. The number of halogens is 1. The molecule has 1 N–H and O–H groups in total. The second-order valence-corrected chi connectivity index (χ2v) is 6.18. The van der Waals surface area contributed by atoms with E-state index in [-0.39, 0.29) is 6.04 Å². The van der Waals surface area contributed by atoms with Gasteiger partial charge >= 0.3 is 0 Å². The number of aromatic nitrogens is 2. The van der Waals surface area contributed by atoms with Crippen molar-refractivity contribution >= 4 is 15.9 Å². The molecule has 3 nitrogen and oxygen atoms in total. The molecule has 1 aromatic heterocycles. The van der Waals surface area contributed by atoms with Gasteiger partial charge in [-0.3, -0.25) is 4.68 Å². The van der Waals surface area contributed by atoms with Gasteiger partial charge in [0.15, 0.2) is 0 Å². The lowest BCUT2D eigenvalue weighted by molar-refractivity contribution is 0.475. The van der Waals surface area contributed by atoms with E-state index >= 15 is 0 Å². The fraction of sp³-hybridized carbons (Fsp3) is 0.438. The van der Waals surface area contributed by atoms with Crippen LogP contribution in [0.3, 0.4) is 0 Å². The van der Waals surface area contributed by atoms with Crippen molar-refractivity contribution in [2.24, 2.45) is 0 Å². The zero-order valence-electron chi connectivity index (χ0n) is 12.5. The van der Waals surface area contributed by atoms with Crippen LogP contribution in [-0.2, 0) is 0 Å². The highest BCUT2D eigenvalue weighted by Gasteiger charge is 2.22. The number of nitrogens with one attached hydrogen (secondary N) is 1. The molecule has 4 heteroatoms. The van der Waals surface area contributed by atoms with E-state index in [0.29, 0.717) is 6.04 Å². The molecule has 0 radical (unpaired) electrons. The highest BCUT2D eigenvalue weighted by Crippen LogP contribution is 2.30. The van der Waals surface area contributed by atoms with E-state index in [2.05, 4.69) is 83.0 Å². The number of benzene rings is 1. The Morgan fingerprint density at radius 2 is 2.10 bits per heavy atom. The van der Waals surface area contributed by atoms with Crippen molar-refractivity contribution in [2.75, 3.05) is 6.54 Å². The van der Waals surface area contributed by atoms with Gasteiger partial charge in [-0.2, -0.15) is 5.10 Å². The highest BCUT2D eigenvalue weighted by atomic mass is 79.9. The second-order valence-electron chi connectivity index (χ2n) is 5.32. The van der Waals surface area contributed by atoms with Gasteiger partial charge in [-0.25, -0.2) is 0 Å². The molecule has 1 aromatic carbocycles. The van der Waals surface area contributed by atoms with Gasteiger partial charge in [0, 0.05) is 6.04 Å². The molecule has 108 valence electrons. The van der Waals surface area contributed by atoms with Gasteiger partial charge in [-0.1, -0.05) is 36.8 Å². The third-order valence-corrected chi connectivity index (χ3v) is 3.94. The summed E-state index contributed by atoms with van der Waals surface area (Å²) in [5.41, 5.74) is 3.74. The summed E-state index contributed by atoms with van der Waals surface area (Å²) in [7, 11) is 0. The molecule has 0 saturated carbocycles. The Morgan fingerprint density at radius 3 is 2.70 bits per heavy atom. The van der Waals surface area contributed by atoms with Gasteiger partial charge in [0.2, 0.25) is 0 Å². The molecule has 0 spiro atoms. The largest absolute Gasteiger partial charge is 0.305 e. The Kier molecular flexibility index (Phi) is 5.00. The molecule has 0 saturated heterocycles. The third-order valence-electron chi connectivity index (χ3n) is 3.33. The van der Waals surface area contributed by atoms with E-state index in [1.165, 1.54) is 16.8 Å². The van der Waals surface area contributed by atoms with Gasteiger partial charge in [0.1, 0.15) is 0 Å². The molecule has 0 fully saturated rings. The monoisotopic (exact) mass is 335 g/mol. The van der Waals surface area contributed by atoms with Crippen LogP contribution < -0.4 is 5.32 Å². The van der Waals surface area contributed by atoms with E-state index in [9.17, 15) is 0 Å². The first-order chi connectivity index (χ1) is 9.54. The summed E-state index contributed by atoms with van der Waals surface area (Å²) in [6.07, 6.45) is 1.88. The van der Waals surface area contributed by atoms with Crippen LogP contribution in [0.15, 0.2) is 34.9 Å². The van der Waals surface area contributed by atoms with Crippen molar-refractivity contribution in [1.29, 1.82) is 0 Å². The standard InChI is InChI=1S/C16H22BrN3/c1-5-18-15(13-8-6-7-12(4)9-13)16-14(17)10-19-20(16)11(2)3/h6-11,15,18H,5H2,1-4H3. The predicted octanol–water partition coefficient (Wildman–Crippen LogP) is 4.23. The second kappa shape index (κ2) is 6.55. The molecule has 2 aromatic rings. The van der Waals surface area contributed by atoms with Crippen LogP contribution in [0, 0.1) is 6.92 Å². The minimum absolute atomic E-state index is 0.152. The number of rotatable bonds is 5. The lowest BCUT2D eigenvalue weighted by Gasteiger charge is -2.22. The van der Waals surface area contributed by atoms with Crippen molar-refractivity contribution < 1.29 is 0 Å². The van der Waals surface area contributed by atoms with Crippen molar-refractivity contribution in [3.05, 3.63) is 51.8 Å². The van der Waals surface area contributed by atoms with Gasteiger partial charge in [0.05, 0.1) is 22.4 Å². The normalized spacial score (nSPS) is 12.9. The van der Waals surface area contributed by atoms with Crippen molar-refractivity contribution in [2.45, 2.75) is 39.8 Å². The average molecular weight is 336 g/mol. The van der Waals surface area contributed by atoms with Crippen LogP contribution in [-0.4, -0.2) is 16.3 Å². The molecule has 0 aliphatic heterocycles. The van der Waals surface area contributed by atoms with E-state index in [1.54, 1.807) is 0 Å². The number of hydrogen-bond acceptors (Lipinski definition) is 2. The number of nitrogens with zero attached hydrogens (tertiary/aromatic N) is 2. The third kappa shape index (κ3) is 3.13. The molecule has 1 unspecified atom stereocenters. The summed E-state index contributed by atoms with van der Waals surface area (Å²) >= 11 is 3.65. The Labute approximate surface area is 129 Å². The highest BCUT2D eigenvalue weighted by molar-refractivity contribution is 9.10. The minimum atomic E-state index is 0.152. The summed E-state index contributed by atoms with van der Waals surface area (Å²) in [5.74, 6) is 0. The Hall–Kier alpha value is -1.13. The van der Waals surface area contributed by atoms with E-state index in [0.717, 1.165) is 11.0 Å². The van der Waals surface area contributed by atoms with Gasteiger partial charge in [-0.15, -0.1) is 0 Å². The molecule has 20 heavy (non-hydrogen) atoms. The van der Waals surface area contributed by atoms with E-state index < -0.39 is 0 Å². The lowest BCUT2D eigenvalue weighted by atomic mass is 10.0. The van der Waals surface area contributed by atoms with Gasteiger partial charge < -0.3 is 5.32 Å². The van der Waals surface area contributed by atoms with Crippen LogP contribution in [0.25, 0.3) is 0 Å². The first kappa shape index (κ1) is 15.3. The smallest absolute Gasteiger partial charge is 0.0760 e. The quantitative estimate of drug-likeness (QED) is 0.885. The van der Waals surface area contributed by atoms with E-state index in [1.807, 2.05) is 6.20 Å². The van der Waals surface area contributed by atoms with Crippen LogP contribution in [0.2, 0.25) is 0 Å². The topological polar surface area (TPSA) is 29.9 Å². The minimum Gasteiger partial charge on any atom is -0.305 e. The summed E-state index contributed by atoms with van der Waals surface area (Å²) in [4.78, 5) is 0. The van der Waals surface area contributed by atoms with Gasteiger partial charge in [-0.05, 0) is 48.8 Å². The fourth-order valence-corrected chi connectivity index (χ4v) is 2.96. The molecule has 0 amide bonds. The van der Waals surface area contributed by atoms with Crippen LogP contribution in [0.1, 0.15) is 49.7 Å². The van der Waals surface area contributed by atoms with Crippen molar-refractivity contribution in [3.63, 3.8) is 0 Å². The van der Waals surface area contributed by atoms with Crippen LogP contribution in [0.4, 0.5) is 0 Å². The van der Waals surface area contributed by atoms with Gasteiger partial charge in [0.25, 0.3) is 0 Å². The van der Waals surface area contributed by atoms with Crippen LogP contribution >= 0.6 is 15.9 Å². The maximum atomic E-state index is 4.50. The molecule has 1 heterocycles. The molecular weight excluding hydrogens is 314 g/mol. The number of hydrogen-bond donors (Lipinski definition) is 1. The summed E-state index contributed by atoms with van der Waals surface area (Å²) in [6, 6.07) is 9.13. The van der Waals surface area contributed by atoms with Crippen LogP contribution in [0.5, 0.6) is 0 Å². The van der Waals surface area contributed by atoms with Crippen molar-refractivity contribution in [3.8, 4) is 0 Å². The average Bonchev–Trinajstić information content (AvgIpc) is 2.78. The first-order valence-corrected chi connectivity index (χ1v) is 7.86. The lowest BCUT2D eigenvalue weighted by Crippen LogP contribution is -2.26. The summed E-state index contributed by atoms with van der Waals surface area (Å²) in [6.45, 7) is 9.48. The summed E-state index contributed by atoms with van der Waals surface area (Å²) in [5, 5.41) is 8.07. The molecular formula is C16H22BrN3.